The Morgan fingerprint density at radius 2 is 2.10 bits per heavy atom. The molecule has 150 valence electrons. The van der Waals surface area contributed by atoms with Crippen molar-refractivity contribution in [3.63, 3.8) is 0 Å². The first-order valence-electron chi connectivity index (χ1n) is 10.1. The van der Waals surface area contributed by atoms with E-state index >= 15 is 0 Å². The van der Waals surface area contributed by atoms with Gasteiger partial charge < -0.3 is 14.2 Å². The van der Waals surface area contributed by atoms with Gasteiger partial charge >= 0.3 is 0 Å². The molecule has 0 aliphatic carbocycles. The molecule has 29 heavy (non-hydrogen) atoms. The number of carbonyl (C=O) groups excluding carboxylic acids is 2. The van der Waals surface area contributed by atoms with E-state index in [2.05, 4.69) is 6.07 Å². The minimum absolute atomic E-state index is 0.0273. The molecule has 0 saturated carbocycles. The van der Waals surface area contributed by atoms with Crippen LogP contribution in [-0.2, 0) is 16.1 Å². The second-order valence-electron chi connectivity index (χ2n) is 7.90. The van der Waals surface area contributed by atoms with Gasteiger partial charge in [-0.2, -0.15) is 0 Å². The molecule has 2 aromatic heterocycles. The van der Waals surface area contributed by atoms with Crippen molar-refractivity contribution in [1.29, 1.82) is 0 Å². The Labute approximate surface area is 173 Å². The predicted octanol–water partition coefficient (Wildman–Crippen LogP) is 3.64. The molecule has 5 rings (SSSR count). The molecule has 2 atom stereocenters. The van der Waals surface area contributed by atoms with Gasteiger partial charge in [-0.15, -0.1) is 11.3 Å². The molecule has 2 fully saturated rings. The molecule has 6 nitrogen and oxygen atoms in total. The van der Waals surface area contributed by atoms with Gasteiger partial charge in [-0.25, -0.2) is 4.98 Å². The lowest BCUT2D eigenvalue weighted by atomic mass is 9.96. The first-order valence-corrected chi connectivity index (χ1v) is 10.9. The zero-order valence-corrected chi connectivity index (χ0v) is 16.9. The number of piperidine rings is 1. The highest BCUT2D eigenvalue weighted by Gasteiger charge is 2.38. The number of nitrogens with zero attached hydrogens (tertiary/aromatic N) is 3. The van der Waals surface area contributed by atoms with Crippen molar-refractivity contribution in [1.82, 2.24) is 14.8 Å². The van der Waals surface area contributed by atoms with Crippen LogP contribution < -0.4 is 0 Å². The minimum atomic E-state index is -0.258. The second-order valence-corrected chi connectivity index (χ2v) is 8.96. The zero-order chi connectivity index (χ0) is 19.8. The van der Waals surface area contributed by atoms with Crippen LogP contribution in [0.2, 0.25) is 0 Å². The van der Waals surface area contributed by atoms with E-state index in [-0.39, 0.29) is 23.7 Å². The maximum atomic E-state index is 13.1. The number of carbonyl (C=O) groups is 2. The molecular formula is C22H23N3O3S. The Hall–Kier alpha value is -2.67. The third-order valence-corrected chi connectivity index (χ3v) is 7.08. The van der Waals surface area contributed by atoms with Crippen molar-refractivity contribution in [3.05, 3.63) is 53.4 Å². The molecule has 1 aromatic carbocycles. The molecule has 2 aliphatic heterocycles. The topological polar surface area (TPSA) is 66.7 Å². The summed E-state index contributed by atoms with van der Waals surface area (Å²) in [5, 5.41) is 1.12. The van der Waals surface area contributed by atoms with Crippen LogP contribution in [0.4, 0.5) is 0 Å². The minimum Gasteiger partial charge on any atom is -0.467 e. The van der Waals surface area contributed by atoms with Crippen molar-refractivity contribution in [2.24, 2.45) is 5.92 Å². The standard InChI is InChI=1S/C22H23N3O3S/c26-20-11-16(13-25(20)14-17-6-4-10-28-17)22(27)24-9-3-5-15(12-24)21-23-18-7-1-2-8-19(18)29-21/h1-2,4,6-8,10,15-16H,3,5,9,11-14H2/t15-,16-/m0/s1. The van der Waals surface area contributed by atoms with Crippen LogP contribution in [0.15, 0.2) is 47.1 Å². The molecule has 0 N–H and O–H groups in total. The molecule has 4 heterocycles. The summed E-state index contributed by atoms with van der Waals surface area (Å²) in [6, 6.07) is 11.9. The maximum Gasteiger partial charge on any atom is 0.228 e. The lowest BCUT2D eigenvalue weighted by Gasteiger charge is -2.33. The number of likely N-dealkylation sites (tertiary alicyclic amines) is 2. The Balaban J connectivity index is 1.25. The van der Waals surface area contributed by atoms with Crippen LogP contribution in [-0.4, -0.2) is 46.2 Å². The summed E-state index contributed by atoms with van der Waals surface area (Å²) in [5.41, 5.74) is 1.03. The first-order chi connectivity index (χ1) is 14.2. The monoisotopic (exact) mass is 409 g/mol. The summed E-state index contributed by atoms with van der Waals surface area (Å²) in [6.45, 7) is 2.37. The van der Waals surface area contributed by atoms with Crippen LogP contribution in [0.25, 0.3) is 10.2 Å². The van der Waals surface area contributed by atoms with Gasteiger partial charge in [0.2, 0.25) is 11.8 Å². The number of benzene rings is 1. The Morgan fingerprint density at radius 3 is 2.93 bits per heavy atom. The van der Waals surface area contributed by atoms with Gasteiger partial charge in [0.15, 0.2) is 0 Å². The smallest absolute Gasteiger partial charge is 0.228 e. The predicted molar refractivity (Wildman–Crippen MR) is 110 cm³/mol. The number of amides is 2. The molecule has 3 aromatic rings. The highest BCUT2D eigenvalue weighted by Crippen LogP contribution is 2.34. The van der Waals surface area contributed by atoms with E-state index in [0.717, 1.165) is 35.7 Å². The van der Waals surface area contributed by atoms with Crippen LogP contribution in [0.5, 0.6) is 0 Å². The van der Waals surface area contributed by atoms with E-state index in [0.29, 0.717) is 26.1 Å². The SMILES string of the molecule is O=C1C[C@H](C(=O)N2CCC[C@H](c3nc4ccccc4s3)C2)CN1Cc1ccco1. The van der Waals surface area contributed by atoms with Crippen molar-refractivity contribution in [3.8, 4) is 0 Å². The Kier molecular flexibility index (Phi) is 4.83. The van der Waals surface area contributed by atoms with E-state index < -0.39 is 0 Å². The average Bonchev–Trinajstić information content (AvgIpc) is 3.48. The second kappa shape index (κ2) is 7.63. The highest BCUT2D eigenvalue weighted by molar-refractivity contribution is 7.18. The zero-order valence-electron chi connectivity index (χ0n) is 16.1. The quantitative estimate of drug-likeness (QED) is 0.660. The number of hydrogen-bond acceptors (Lipinski definition) is 5. The third-order valence-electron chi connectivity index (χ3n) is 5.88. The number of rotatable bonds is 4. The summed E-state index contributed by atoms with van der Waals surface area (Å²) in [6.07, 6.45) is 3.93. The van der Waals surface area contributed by atoms with E-state index in [1.807, 2.05) is 35.2 Å². The number of para-hydroxylation sites is 1. The van der Waals surface area contributed by atoms with Crippen molar-refractivity contribution in [2.75, 3.05) is 19.6 Å². The van der Waals surface area contributed by atoms with E-state index in [9.17, 15) is 9.59 Å². The van der Waals surface area contributed by atoms with Gasteiger partial charge in [-0.3, -0.25) is 9.59 Å². The fourth-order valence-corrected chi connectivity index (χ4v) is 5.48. The van der Waals surface area contributed by atoms with E-state index in [4.69, 9.17) is 9.40 Å². The van der Waals surface area contributed by atoms with Crippen LogP contribution >= 0.6 is 11.3 Å². The van der Waals surface area contributed by atoms with Gasteiger partial charge in [0.25, 0.3) is 0 Å². The lowest BCUT2D eigenvalue weighted by Crippen LogP contribution is -2.43. The molecule has 2 saturated heterocycles. The normalized spacial score (nSPS) is 22.6. The molecular weight excluding hydrogens is 386 g/mol. The molecule has 0 unspecified atom stereocenters. The lowest BCUT2D eigenvalue weighted by molar-refractivity contribution is -0.137. The summed E-state index contributed by atoms with van der Waals surface area (Å²) >= 11 is 1.73. The fourth-order valence-electron chi connectivity index (χ4n) is 4.38. The van der Waals surface area contributed by atoms with Gasteiger partial charge in [0.05, 0.1) is 34.0 Å². The Morgan fingerprint density at radius 1 is 1.21 bits per heavy atom. The molecule has 2 aliphatic rings. The molecule has 0 radical (unpaired) electrons. The van der Waals surface area contributed by atoms with Gasteiger partial charge in [0.1, 0.15) is 5.76 Å². The first kappa shape index (κ1) is 18.4. The van der Waals surface area contributed by atoms with Crippen LogP contribution in [0.1, 0.15) is 35.9 Å². The number of fused-ring (bicyclic) bond motifs is 1. The average molecular weight is 410 g/mol. The number of thiazole rings is 1. The molecule has 0 spiro atoms. The fraction of sp³-hybridized carbons (Fsp3) is 0.409. The third kappa shape index (κ3) is 3.67. The number of aromatic nitrogens is 1. The summed E-state index contributed by atoms with van der Waals surface area (Å²) in [5.74, 6) is 0.902. The van der Waals surface area contributed by atoms with Gasteiger partial charge in [-0.05, 0) is 37.1 Å². The largest absolute Gasteiger partial charge is 0.467 e. The van der Waals surface area contributed by atoms with Crippen LogP contribution in [0, 0.1) is 5.92 Å². The summed E-state index contributed by atoms with van der Waals surface area (Å²) < 4.78 is 6.54. The summed E-state index contributed by atoms with van der Waals surface area (Å²) in [7, 11) is 0. The number of furan rings is 1. The highest BCUT2D eigenvalue weighted by atomic mass is 32.1. The van der Waals surface area contributed by atoms with Gasteiger partial charge in [0, 0.05) is 32.0 Å². The molecule has 7 heteroatoms. The van der Waals surface area contributed by atoms with Crippen molar-refractivity contribution in [2.45, 2.75) is 31.7 Å². The van der Waals surface area contributed by atoms with Crippen LogP contribution in [0.3, 0.4) is 0 Å². The maximum absolute atomic E-state index is 13.1. The van der Waals surface area contributed by atoms with Gasteiger partial charge in [-0.1, -0.05) is 12.1 Å². The van der Waals surface area contributed by atoms with Crippen molar-refractivity contribution >= 4 is 33.4 Å². The van der Waals surface area contributed by atoms with E-state index in [1.165, 1.54) is 4.70 Å². The molecule has 0 bridgehead atoms. The molecule has 2 amide bonds. The number of hydrogen-bond donors (Lipinski definition) is 0. The summed E-state index contributed by atoms with van der Waals surface area (Å²) in [4.78, 5) is 34.0. The Bertz CT molecular complexity index is 996. The van der Waals surface area contributed by atoms with Crippen molar-refractivity contribution < 1.29 is 14.0 Å². The van der Waals surface area contributed by atoms with E-state index in [1.54, 1.807) is 22.5 Å².